The molecule has 1 aliphatic carbocycles. The summed E-state index contributed by atoms with van der Waals surface area (Å²) in [5, 5.41) is 12.5. The number of carbonyl (C=O) groups is 1. The smallest absolute Gasteiger partial charge is 0.253 e. The maximum absolute atomic E-state index is 12.5. The van der Waals surface area contributed by atoms with Crippen LogP contribution in [0.4, 0.5) is 0 Å². The van der Waals surface area contributed by atoms with Crippen molar-refractivity contribution in [2.24, 2.45) is 17.0 Å². The molecule has 0 spiro atoms. The molecule has 1 saturated carbocycles. The molecule has 3 aliphatic rings. The average Bonchev–Trinajstić information content (AvgIpc) is 2.78. The van der Waals surface area contributed by atoms with Gasteiger partial charge in [-0.1, -0.05) is 23.4 Å². The molecule has 2 aliphatic heterocycles. The molecule has 0 aromatic heterocycles. The van der Waals surface area contributed by atoms with Gasteiger partial charge in [0.2, 0.25) is 0 Å². The van der Waals surface area contributed by atoms with Crippen LogP contribution < -0.4 is 0 Å². The van der Waals surface area contributed by atoms with E-state index in [2.05, 4.69) is 5.16 Å². The van der Waals surface area contributed by atoms with Crippen molar-refractivity contribution in [2.45, 2.75) is 19.3 Å². The van der Waals surface area contributed by atoms with Crippen LogP contribution in [0.1, 0.15) is 29.6 Å². The third kappa shape index (κ3) is 2.35. The summed E-state index contributed by atoms with van der Waals surface area (Å²) >= 11 is 0. The molecule has 1 aromatic rings. The fourth-order valence-corrected chi connectivity index (χ4v) is 3.22. The van der Waals surface area contributed by atoms with Crippen molar-refractivity contribution < 1.29 is 10.0 Å². The lowest BCUT2D eigenvalue weighted by molar-refractivity contribution is 0.0742. The van der Waals surface area contributed by atoms with Gasteiger partial charge in [0, 0.05) is 24.6 Å². The minimum Gasteiger partial charge on any atom is -0.411 e. The van der Waals surface area contributed by atoms with Gasteiger partial charge in [-0.25, -0.2) is 0 Å². The maximum Gasteiger partial charge on any atom is 0.253 e. The summed E-state index contributed by atoms with van der Waals surface area (Å²) in [6.07, 6.45) is 2.99. The Hall–Kier alpha value is -1.84. The van der Waals surface area contributed by atoms with Gasteiger partial charge < -0.3 is 10.1 Å². The van der Waals surface area contributed by atoms with E-state index in [-0.39, 0.29) is 11.8 Å². The quantitative estimate of drug-likeness (QED) is 0.621. The molecule has 100 valence electrons. The first kappa shape index (κ1) is 12.2. The number of benzene rings is 1. The van der Waals surface area contributed by atoms with Gasteiger partial charge in [0.15, 0.2) is 0 Å². The normalized spacial score (nSPS) is 28.4. The Kier molecular flexibility index (Phi) is 3.23. The summed E-state index contributed by atoms with van der Waals surface area (Å²) in [4.78, 5) is 14.4. The molecule has 2 saturated heterocycles. The van der Waals surface area contributed by atoms with Gasteiger partial charge in [-0.3, -0.25) is 4.79 Å². The van der Waals surface area contributed by atoms with Crippen molar-refractivity contribution in [1.29, 1.82) is 0 Å². The Morgan fingerprint density at radius 3 is 2.74 bits per heavy atom. The highest BCUT2D eigenvalue weighted by molar-refractivity contribution is 5.95. The van der Waals surface area contributed by atoms with E-state index in [1.807, 2.05) is 35.2 Å². The summed E-state index contributed by atoms with van der Waals surface area (Å²) in [6, 6.07) is 9.41. The standard InChI is InChI=1S/C15H18N2O2/c18-15(12-4-2-1-3-5-12)17-9-11-6-7-13(10-17)14(8-11)16-19/h1-5,11,13,19H,6-10H2. The van der Waals surface area contributed by atoms with Crippen molar-refractivity contribution in [2.75, 3.05) is 13.1 Å². The Labute approximate surface area is 112 Å². The SMILES string of the molecule is O=C(c1ccccc1)N1CC2CCC(C1)C(=NO)C2. The van der Waals surface area contributed by atoms with Gasteiger partial charge in [0.25, 0.3) is 5.91 Å². The van der Waals surface area contributed by atoms with Crippen LogP contribution in [0.15, 0.2) is 35.5 Å². The van der Waals surface area contributed by atoms with Gasteiger partial charge in [-0.2, -0.15) is 0 Å². The predicted molar refractivity (Wildman–Crippen MR) is 72.4 cm³/mol. The first-order chi connectivity index (χ1) is 9.28. The van der Waals surface area contributed by atoms with Crippen LogP contribution >= 0.6 is 0 Å². The second-order valence-corrected chi connectivity index (χ2v) is 5.51. The van der Waals surface area contributed by atoms with E-state index in [1.54, 1.807) is 0 Å². The average molecular weight is 258 g/mol. The van der Waals surface area contributed by atoms with Gasteiger partial charge in [0.05, 0.1) is 5.71 Å². The molecular weight excluding hydrogens is 240 g/mol. The van der Waals surface area contributed by atoms with E-state index < -0.39 is 0 Å². The highest BCUT2D eigenvalue weighted by Gasteiger charge is 2.36. The summed E-state index contributed by atoms with van der Waals surface area (Å²) in [7, 11) is 0. The fraction of sp³-hybridized carbons (Fsp3) is 0.467. The lowest BCUT2D eigenvalue weighted by Gasteiger charge is -2.22. The van der Waals surface area contributed by atoms with Crippen LogP contribution in [0.25, 0.3) is 0 Å². The highest BCUT2D eigenvalue weighted by Crippen LogP contribution is 2.32. The number of amides is 1. The number of nitrogens with zero attached hydrogens (tertiary/aromatic N) is 2. The predicted octanol–water partition coefficient (Wildman–Crippen LogP) is 2.39. The zero-order chi connectivity index (χ0) is 13.2. The number of hydrogen-bond donors (Lipinski definition) is 1. The fourth-order valence-electron chi connectivity index (χ4n) is 3.22. The van der Waals surface area contributed by atoms with Gasteiger partial charge in [-0.15, -0.1) is 0 Å². The van der Waals surface area contributed by atoms with Gasteiger partial charge in [-0.05, 0) is 37.3 Å². The molecule has 1 N–H and O–H groups in total. The Balaban J connectivity index is 1.82. The zero-order valence-electron chi connectivity index (χ0n) is 10.8. The molecule has 0 radical (unpaired) electrons. The van der Waals surface area contributed by atoms with Crippen molar-refractivity contribution >= 4 is 11.6 Å². The van der Waals surface area contributed by atoms with E-state index in [0.29, 0.717) is 12.5 Å². The van der Waals surface area contributed by atoms with Crippen LogP contribution in [0.5, 0.6) is 0 Å². The minimum absolute atomic E-state index is 0.0942. The molecule has 4 heteroatoms. The van der Waals surface area contributed by atoms with E-state index in [4.69, 9.17) is 5.21 Å². The maximum atomic E-state index is 12.5. The van der Waals surface area contributed by atoms with Crippen molar-refractivity contribution in [3.63, 3.8) is 0 Å². The van der Waals surface area contributed by atoms with E-state index >= 15 is 0 Å². The van der Waals surface area contributed by atoms with Crippen molar-refractivity contribution in [1.82, 2.24) is 4.90 Å². The number of fused-ring (bicyclic) bond motifs is 4. The Morgan fingerprint density at radius 1 is 1.21 bits per heavy atom. The molecule has 2 bridgehead atoms. The number of rotatable bonds is 1. The Morgan fingerprint density at radius 2 is 2.00 bits per heavy atom. The topological polar surface area (TPSA) is 52.9 Å². The molecule has 2 atom stereocenters. The summed E-state index contributed by atoms with van der Waals surface area (Å²) in [6.45, 7) is 1.47. The molecule has 4 nitrogen and oxygen atoms in total. The number of carbonyl (C=O) groups excluding carboxylic acids is 1. The van der Waals surface area contributed by atoms with Crippen molar-refractivity contribution in [3.8, 4) is 0 Å². The van der Waals surface area contributed by atoms with E-state index in [9.17, 15) is 4.79 Å². The highest BCUT2D eigenvalue weighted by atomic mass is 16.4. The van der Waals surface area contributed by atoms with E-state index in [1.165, 1.54) is 0 Å². The summed E-state index contributed by atoms with van der Waals surface area (Å²) in [5.74, 6) is 0.769. The first-order valence-corrected chi connectivity index (χ1v) is 6.83. The minimum atomic E-state index is 0.0942. The molecule has 3 fully saturated rings. The zero-order valence-corrected chi connectivity index (χ0v) is 10.8. The molecule has 1 aromatic carbocycles. The monoisotopic (exact) mass is 258 g/mol. The molecular formula is C15H18N2O2. The molecule has 4 rings (SSSR count). The second kappa shape index (κ2) is 5.03. The third-order valence-electron chi connectivity index (χ3n) is 4.25. The van der Waals surface area contributed by atoms with Crippen LogP contribution in [0.2, 0.25) is 0 Å². The van der Waals surface area contributed by atoms with Crippen LogP contribution in [0.3, 0.4) is 0 Å². The number of hydrogen-bond acceptors (Lipinski definition) is 3. The third-order valence-corrected chi connectivity index (χ3v) is 4.25. The van der Waals surface area contributed by atoms with Crippen molar-refractivity contribution in [3.05, 3.63) is 35.9 Å². The van der Waals surface area contributed by atoms with Crippen LogP contribution in [-0.2, 0) is 0 Å². The second-order valence-electron chi connectivity index (χ2n) is 5.51. The van der Waals surface area contributed by atoms with Gasteiger partial charge in [0.1, 0.15) is 0 Å². The molecule has 2 heterocycles. The number of oxime groups is 1. The molecule has 19 heavy (non-hydrogen) atoms. The Bertz CT molecular complexity index is 498. The lowest BCUT2D eigenvalue weighted by atomic mass is 9.82. The first-order valence-electron chi connectivity index (χ1n) is 6.83. The largest absolute Gasteiger partial charge is 0.411 e. The molecule has 2 unspecified atom stereocenters. The summed E-state index contributed by atoms with van der Waals surface area (Å²) in [5.41, 5.74) is 1.62. The van der Waals surface area contributed by atoms with E-state index in [0.717, 1.165) is 37.1 Å². The lowest BCUT2D eigenvalue weighted by Crippen LogP contribution is -2.35. The molecule has 1 amide bonds. The van der Waals surface area contributed by atoms with Crippen LogP contribution in [-0.4, -0.2) is 34.8 Å². The summed E-state index contributed by atoms with van der Waals surface area (Å²) < 4.78 is 0. The van der Waals surface area contributed by atoms with Gasteiger partial charge >= 0.3 is 0 Å². The van der Waals surface area contributed by atoms with Crippen LogP contribution in [0, 0.1) is 11.8 Å².